The average molecular weight is 445 g/mol. The molecular weight excluding hydrogens is 427 g/mol. The second kappa shape index (κ2) is 10.0. The van der Waals surface area contributed by atoms with E-state index in [4.69, 9.17) is 32.7 Å². The van der Waals surface area contributed by atoms with E-state index < -0.39 is 0 Å². The number of nitriles is 1. The van der Waals surface area contributed by atoms with Crippen molar-refractivity contribution >= 4 is 51.9 Å². The number of carbonyl (C=O) groups is 1. The Morgan fingerprint density at radius 2 is 2.07 bits per heavy atom. The molecule has 0 atom stereocenters. The van der Waals surface area contributed by atoms with Crippen LogP contribution in [0.3, 0.4) is 0 Å². The van der Waals surface area contributed by atoms with Crippen LogP contribution in [0.5, 0.6) is 11.5 Å². The molecule has 1 heterocycles. The van der Waals surface area contributed by atoms with Crippen LogP contribution in [0.2, 0.25) is 10.0 Å². The lowest BCUT2D eigenvalue weighted by molar-refractivity contribution is -0.109. The summed E-state index contributed by atoms with van der Waals surface area (Å²) in [5.74, 6) is 1.01. The van der Waals surface area contributed by atoms with Crippen molar-refractivity contribution in [3.05, 3.63) is 52.1 Å². The molecule has 0 unspecified atom stereocenters. The SMILES string of the molecule is COc1cc2c(Nc3ccc(Cl)cc3Cl)c(C#N)cnc2cc1OCCCNC=O. The highest BCUT2D eigenvalue weighted by molar-refractivity contribution is 6.36. The molecule has 0 saturated carbocycles. The smallest absolute Gasteiger partial charge is 0.207 e. The number of nitrogens with one attached hydrogen (secondary N) is 2. The minimum Gasteiger partial charge on any atom is -0.493 e. The molecule has 9 heteroatoms. The number of hydrogen-bond donors (Lipinski definition) is 2. The van der Waals surface area contributed by atoms with Crippen LogP contribution in [0.25, 0.3) is 10.9 Å². The predicted molar refractivity (Wildman–Crippen MR) is 117 cm³/mol. The van der Waals surface area contributed by atoms with Gasteiger partial charge in [0.1, 0.15) is 6.07 Å². The van der Waals surface area contributed by atoms with Gasteiger partial charge < -0.3 is 20.1 Å². The molecule has 1 amide bonds. The monoisotopic (exact) mass is 444 g/mol. The van der Waals surface area contributed by atoms with E-state index in [1.54, 1.807) is 30.3 Å². The summed E-state index contributed by atoms with van der Waals surface area (Å²) in [7, 11) is 1.53. The van der Waals surface area contributed by atoms with Gasteiger partial charge in [-0.05, 0) is 30.7 Å². The number of ether oxygens (including phenoxy) is 2. The quantitative estimate of drug-likeness (QED) is 0.367. The lowest BCUT2D eigenvalue weighted by Crippen LogP contribution is -2.15. The maximum absolute atomic E-state index is 10.3. The molecule has 30 heavy (non-hydrogen) atoms. The molecule has 0 radical (unpaired) electrons. The maximum atomic E-state index is 10.3. The molecule has 3 aromatic rings. The van der Waals surface area contributed by atoms with Gasteiger partial charge in [0, 0.05) is 29.2 Å². The summed E-state index contributed by atoms with van der Waals surface area (Å²) in [4.78, 5) is 14.7. The van der Waals surface area contributed by atoms with E-state index >= 15 is 0 Å². The van der Waals surface area contributed by atoms with Gasteiger partial charge in [0.25, 0.3) is 0 Å². The molecule has 1 aromatic heterocycles. The second-order valence-electron chi connectivity index (χ2n) is 6.20. The van der Waals surface area contributed by atoms with Crippen molar-refractivity contribution in [1.29, 1.82) is 5.26 Å². The summed E-state index contributed by atoms with van der Waals surface area (Å²) >= 11 is 12.3. The minimum atomic E-state index is 0.351. The fourth-order valence-corrected chi connectivity index (χ4v) is 3.29. The normalized spacial score (nSPS) is 10.3. The molecule has 0 saturated heterocycles. The van der Waals surface area contributed by atoms with Gasteiger partial charge in [0.15, 0.2) is 11.5 Å². The first kappa shape index (κ1) is 21.5. The van der Waals surface area contributed by atoms with Gasteiger partial charge in [0.2, 0.25) is 6.41 Å². The van der Waals surface area contributed by atoms with E-state index in [1.165, 1.54) is 13.3 Å². The number of pyridine rings is 1. The van der Waals surface area contributed by atoms with E-state index in [1.807, 2.05) is 0 Å². The van der Waals surface area contributed by atoms with E-state index in [0.29, 0.717) is 75.4 Å². The standard InChI is InChI=1S/C21H18Cl2N4O3/c1-29-19-8-15-18(9-20(19)30-6-2-5-25-12-28)26-11-13(10-24)21(15)27-17-4-3-14(22)7-16(17)23/h3-4,7-9,11-12H,2,5-6H2,1H3,(H,25,28)(H,26,27). The van der Waals surface area contributed by atoms with Crippen LogP contribution in [0.15, 0.2) is 36.5 Å². The lowest BCUT2D eigenvalue weighted by Gasteiger charge is -2.16. The summed E-state index contributed by atoms with van der Waals surface area (Å²) in [6.07, 6.45) is 2.77. The van der Waals surface area contributed by atoms with Crippen LogP contribution in [-0.4, -0.2) is 31.7 Å². The Hall–Kier alpha value is -3.21. The third-order valence-electron chi connectivity index (χ3n) is 4.27. The summed E-state index contributed by atoms with van der Waals surface area (Å²) < 4.78 is 11.3. The molecule has 2 N–H and O–H groups in total. The van der Waals surface area contributed by atoms with Crippen LogP contribution in [-0.2, 0) is 4.79 Å². The van der Waals surface area contributed by atoms with E-state index in [0.717, 1.165) is 0 Å². The van der Waals surface area contributed by atoms with Gasteiger partial charge in [-0.3, -0.25) is 9.78 Å². The van der Waals surface area contributed by atoms with Gasteiger partial charge in [0.05, 0.1) is 41.2 Å². The first-order chi connectivity index (χ1) is 14.6. The van der Waals surface area contributed by atoms with Gasteiger partial charge >= 0.3 is 0 Å². The molecule has 0 aliphatic rings. The van der Waals surface area contributed by atoms with Crippen LogP contribution in [0.4, 0.5) is 11.4 Å². The highest BCUT2D eigenvalue weighted by Gasteiger charge is 2.15. The van der Waals surface area contributed by atoms with E-state index in [2.05, 4.69) is 21.7 Å². The number of benzene rings is 2. The van der Waals surface area contributed by atoms with Crippen molar-refractivity contribution in [2.45, 2.75) is 6.42 Å². The zero-order valence-corrected chi connectivity index (χ0v) is 17.5. The largest absolute Gasteiger partial charge is 0.493 e. The molecule has 0 aliphatic heterocycles. The van der Waals surface area contributed by atoms with Gasteiger partial charge in [-0.15, -0.1) is 0 Å². The summed E-state index contributed by atoms with van der Waals surface area (Å²) in [5, 5.41) is 17.0. The number of aromatic nitrogens is 1. The highest BCUT2D eigenvalue weighted by Crippen LogP contribution is 2.38. The summed E-state index contributed by atoms with van der Waals surface area (Å²) in [6, 6.07) is 10.7. The Morgan fingerprint density at radius 3 is 2.77 bits per heavy atom. The van der Waals surface area contributed by atoms with Gasteiger partial charge in [-0.2, -0.15) is 5.26 Å². The second-order valence-corrected chi connectivity index (χ2v) is 7.05. The number of anilines is 2. The fraction of sp³-hybridized carbons (Fsp3) is 0.190. The third-order valence-corrected chi connectivity index (χ3v) is 4.82. The Balaban J connectivity index is 1.99. The van der Waals surface area contributed by atoms with Crippen molar-refractivity contribution in [3.63, 3.8) is 0 Å². The zero-order chi connectivity index (χ0) is 21.5. The predicted octanol–water partition coefficient (Wildman–Crippen LogP) is 4.68. The number of halogens is 2. The van der Waals surface area contributed by atoms with Crippen molar-refractivity contribution in [3.8, 4) is 17.6 Å². The molecular formula is C21H18Cl2N4O3. The lowest BCUT2D eigenvalue weighted by atomic mass is 10.1. The Labute approximate surface area is 183 Å². The Morgan fingerprint density at radius 1 is 1.23 bits per heavy atom. The molecule has 0 fully saturated rings. The van der Waals surface area contributed by atoms with Crippen molar-refractivity contribution in [2.75, 3.05) is 25.6 Å². The van der Waals surface area contributed by atoms with Gasteiger partial charge in [-0.25, -0.2) is 0 Å². The number of rotatable bonds is 9. The number of hydrogen-bond acceptors (Lipinski definition) is 6. The Kier molecular flexibility index (Phi) is 7.17. The summed E-state index contributed by atoms with van der Waals surface area (Å²) in [6.45, 7) is 0.906. The maximum Gasteiger partial charge on any atom is 0.207 e. The van der Waals surface area contributed by atoms with Crippen molar-refractivity contribution < 1.29 is 14.3 Å². The first-order valence-electron chi connectivity index (χ1n) is 9.00. The zero-order valence-electron chi connectivity index (χ0n) is 16.0. The van der Waals surface area contributed by atoms with Crippen molar-refractivity contribution in [2.24, 2.45) is 0 Å². The van der Waals surface area contributed by atoms with Crippen molar-refractivity contribution in [1.82, 2.24) is 10.3 Å². The number of nitrogens with zero attached hydrogens (tertiary/aromatic N) is 2. The molecule has 7 nitrogen and oxygen atoms in total. The van der Waals surface area contributed by atoms with Crippen LogP contribution in [0.1, 0.15) is 12.0 Å². The van der Waals surface area contributed by atoms with Crippen LogP contribution >= 0.6 is 23.2 Å². The van der Waals surface area contributed by atoms with E-state index in [-0.39, 0.29) is 0 Å². The summed E-state index contributed by atoms with van der Waals surface area (Å²) in [5.41, 5.74) is 2.12. The van der Waals surface area contributed by atoms with Gasteiger partial charge in [-0.1, -0.05) is 23.2 Å². The van der Waals surface area contributed by atoms with E-state index in [9.17, 15) is 10.1 Å². The van der Waals surface area contributed by atoms with Crippen LogP contribution in [0, 0.1) is 11.3 Å². The minimum absolute atomic E-state index is 0.351. The molecule has 154 valence electrons. The fourth-order valence-electron chi connectivity index (χ4n) is 2.83. The number of carbonyl (C=O) groups excluding carboxylic acids is 1. The molecule has 2 aromatic carbocycles. The first-order valence-corrected chi connectivity index (χ1v) is 9.75. The molecule has 0 aliphatic carbocycles. The Bertz CT molecular complexity index is 1120. The number of amides is 1. The van der Waals surface area contributed by atoms with Crippen LogP contribution < -0.4 is 20.1 Å². The highest BCUT2D eigenvalue weighted by atomic mass is 35.5. The average Bonchev–Trinajstić information content (AvgIpc) is 2.75. The molecule has 3 rings (SSSR count). The molecule has 0 bridgehead atoms. The third kappa shape index (κ3) is 4.85. The topological polar surface area (TPSA) is 96.3 Å². The number of methoxy groups -OCH3 is 1. The number of fused-ring (bicyclic) bond motifs is 1. The molecule has 0 spiro atoms.